The van der Waals surface area contributed by atoms with Gasteiger partial charge in [0.15, 0.2) is 11.6 Å². The lowest BCUT2D eigenvalue weighted by atomic mass is 10.1. The van der Waals surface area contributed by atoms with Crippen molar-refractivity contribution in [3.63, 3.8) is 0 Å². The fraction of sp³-hybridized carbons (Fsp3) is 0.235. The molecule has 0 bridgehead atoms. The first-order chi connectivity index (χ1) is 10.6. The molecule has 0 saturated heterocycles. The Kier molecular flexibility index (Phi) is 6.07. The van der Waals surface area contributed by atoms with Crippen molar-refractivity contribution in [3.05, 3.63) is 64.1 Å². The third-order valence-electron chi connectivity index (χ3n) is 3.26. The van der Waals surface area contributed by atoms with Crippen molar-refractivity contribution in [1.29, 1.82) is 0 Å². The molecule has 2 nitrogen and oxygen atoms in total. The Labute approximate surface area is 136 Å². The number of rotatable bonds is 6. The summed E-state index contributed by atoms with van der Waals surface area (Å²) in [6.07, 6.45) is 2.72. The monoisotopic (exact) mass is 367 g/mol. The maximum Gasteiger partial charge on any atom is 0.224 e. The van der Waals surface area contributed by atoms with Gasteiger partial charge in [0, 0.05) is 10.9 Å². The molecular weight excluding hydrogens is 352 g/mol. The summed E-state index contributed by atoms with van der Waals surface area (Å²) in [6, 6.07) is 11.8. The van der Waals surface area contributed by atoms with Crippen LogP contribution in [-0.4, -0.2) is 5.91 Å². The van der Waals surface area contributed by atoms with Crippen molar-refractivity contribution in [2.45, 2.75) is 25.7 Å². The molecular formula is C17H16BrF2NO. The van der Waals surface area contributed by atoms with Crippen LogP contribution < -0.4 is 5.32 Å². The molecule has 0 atom stereocenters. The molecule has 2 rings (SSSR count). The average Bonchev–Trinajstić information content (AvgIpc) is 2.50. The van der Waals surface area contributed by atoms with E-state index in [4.69, 9.17) is 0 Å². The molecule has 0 saturated carbocycles. The van der Waals surface area contributed by atoms with Crippen LogP contribution in [0, 0.1) is 11.6 Å². The highest BCUT2D eigenvalue weighted by Crippen LogP contribution is 2.17. The maximum absolute atomic E-state index is 13.4. The van der Waals surface area contributed by atoms with Gasteiger partial charge in [0.25, 0.3) is 0 Å². The van der Waals surface area contributed by atoms with Crippen LogP contribution in [0.15, 0.2) is 46.9 Å². The summed E-state index contributed by atoms with van der Waals surface area (Å²) in [4.78, 5) is 11.7. The van der Waals surface area contributed by atoms with Gasteiger partial charge in [-0.3, -0.25) is 4.79 Å². The first-order valence-corrected chi connectivity index (χ1v) is 7.84. The lowest BCUT2D eigenvalue weighted by molar-refractivity contribution is -0.116. The van der Waals surface area contributed by atoms with Gasteiger partial charge < -0.3 is 5.32 Å². The number of amides is 1. The number of unbranched alkanes of at least 4 members (excludes halogenated alkanes) is 1. The molecule has 116 valence electrons. The van der Waals surface area contributed by atoms with Crippen LogP contribution in [0.2, 0.25) is 0 Å². The molecule has 0 aromatic heterocycles. The topological polar surface area (TPSA) is 29.1 Å². The molecule has 2 aromatic carbocycles. The largest absolute Gasteiger partial charge is 0.324 e. The van der Waals surface area contributed by atoms with Crippen LogP contribution in [0.3, 0.4) is 0 Å². The zero-order chi connectivity index (χ0) is 15.9. The number of nitrogens with one attached hydrogen (secondary N) is 1. The van der Waals surface area contributed by atoms with Crippen LogP contribution >= 0.6 is 15.9 Å². The molecule has 1 amide bonds. The average molecular weight is 368 g/mol. The van der Waals surface area contributed by atoms with Crippen molar-refractivity contribution in [2.75, 3.05) is 5.32 Å². The Bertz CT molecular complexity index is 644. The molecule has 22 heavy (non-hydrogen) atoms. The lowest BCUT2D eigenvalue weighted by Gasteiger charge is -2.07. The van der Waals surface area contributed by atoms with E-state index in [1.807, 2.05) is 24.3 Å². The van der Waals surface area contributed by atoms with Crippen LogP contribution in [0.1, 0.15) is 24.8 Å². The zero-order valence-corrected chi connectivity index (χ0v) is 13.5. The molecule has 0 spiro atoms. The number of anilines is 1. The number of hydrogen-bond acceptors (Lipinski definition) is 1. The first kappa shape index (κ1) is 16.6. The standard InChI is InChI=1S/C17H16BrF2NO/c18-13-10-8-12(9-11-13)4-1-2-7-16(22)21-15-6-3-5-14(19)17(15)20/h3,5-6,8-11H,1-2,4,7H2,(H,21,22). The van der Waals surface area contributed by atoms with Crippen LogP contribution in [0.4, 0.5) is 14.5 Å². The highest BCUT2D eigenvalue weighted by Gasteiger charge is 2.10. The number of aryl methyl sites for hydroxylation is 1. The zero-order valence-electron chi connectivity index (χ0n) is 11.9. The number of benzene rings is 2. The molecule has 2 aromatic rings. The van der Waals surface area contributed by atoms with Crippen molar-refractivity contribution in [1.82, 2.24) is 0 Å². The highest BCUT2D eigenvalue weighted by molar-refractivity contribution is 9.10. The number of carbonyl (C=O) groups is 1. The number of hydrogen-bond donors (Lipinski definition) is 1. The molecule has 0 heterocycles. The highest BCUT2D eigenvalue weighted by atomic mass is 79.9. The minimum Gasteiger partial charge on any atom is -0.324 e. The minimum atomic E-state index is -1.02. The van der Waals surface area contributed by atoms with E-state index in [-0.39, 0.29) is 18.0 Å². The van der Waals surface area contributed by atoms with Crippen LogP contribution in [0.25, 0.3) is 0 Å². The van der Waals surface area contributed by atoms with E-state index >= 15 is 0 Å². The molecule has 0 aliphatic rings. The summed E-state index contributed by atoms with van der Waals surface area (Å²) < 4.78 is 27.5. The third kappa shape index (κ3) is 4.91. The van der Waals surface area contributed by atoms with E-state index in [0.29, 0.717) is 6.42 Å². The quantitative estimate of drug-likeness (QED) is 0.708. The van der Waals surface area contributed by atoms with E-state index in [9.17, 15) is 13.6 Å². The summed E-state index contributed by atoms with van der Waals surface area (Å²) in [7, 11) is 0. The van der Waals surface area contributed by atoms with Crippen molar-refractivity contribution < 1.29 is 13.6 Å². The molecule has 0 fully saturated rings. The smallest absolute Gasteiger partial charge is 0.224 e. The fourth-order valence-electron chi connectivity index (χ4n) is 2.08. The molecule has 0 unspecified atom stereocenters. The van der Waals surface area contributed by atoms with E-state index < -0.39 is 11.6 Å². The Hall–Kier alpha value is -1.75. The summed E-state index contributed by atoms with van der Waals surface area (Å²) in [5, 5.41) is 2.40. The van der Waals surface area contributed by atoms with Crippen LogP contribution in [0.5, 0.6) is 0 Å². The van der Waals surface area contributed by atoms with Gasteiger partial charge in [-0.2, -0.15) is 0 Å². The van der Waals surface area contributed by atoms with Gasteiger partial charge >= 0.3 is 0 Å². The third-order valence-corrected chi connectivity index (χ3v) is 3.79. The van der Waals surface area contributed by atoms with Crippen molar-refractivity contribution >= 4 is 27.5 Å². The normalized spacial score (nSPS) is 10.5. The minimum absolute atomic E-state index is 0.113. The summed E-state index contributed by atoms with van der Waals surface area (Å²) >= 11 is 3.38. The van der Waals surface area contributed by atoms with Gasteiger partial charge in [-0.25, -0.2) is 8.78 Å². The summed E-state index contributed by atoms with van der Waals surface area (Å²) in [6.45, 7) is 0. The van der Waals surface area contributed by atoms with Crippen molar-refractivity contribution in [2.24, 2.45) is 0 Å². The number of carbonyl (C=O) groups excluding carboxylic acids is 1. The summed E-state index contributed by atoms with van der Waals surface area (Å²) in [5.74, 6) is -2.29. The summed E-state index contributed by atoms with van der Waals surface area (Å²) in [5.41, 5.74) is 1.10. The molecule has 0 aliphatic heterocycles. The van der Waals surface area contributed by atoms with Crippen molar-refractivity contribution in [3.8, 4) is 0 Å². The Morgan fingerprint density at radius 1 is 1.05 bits per heavy atom. The Balaban J connectivity index is 1.74. The second kappa shape index (κ2) is 8.03. The second-order valence-corrected chi connectivity index (χ2v) is 5.90. The van der Waals surface area contributed by atoms with E-state index in [1.54, 1.807) is 0 Å². The molecule has 5 heteroatoms. The fourth-order valence-corrected chi connectivity index (χ4v) is 2.34. The van der Waals surface area contributed by atoms with Gasteiger partial charge in [0.2, 0.25) is 5.91 Å². The molecule has 0 aliphatic carbocycles. The number of halogens is 3. The molecule has 0 radical (unpaired) electrons. The predicted octanol–water partition coefficient (Wildman–Crippen LogP) is 5.08. The van der Waals surface area contributed by atoms with Gasteiger partial charge in [-0.05, 0) is 49.1 Å². The Morgan fingerprint density at radius 3 is 2.50 bits per heavy atom. The molecule has 1 N–H and O–H groups in total. The van der Waals surface area contributed by atoms with E-state index in [0.717, 1.165) is 23.4 Å². The van der Waals surface area contributed by atoms with Crippen LogP contribution in [-0.2, 0) is 11.2 Å². The lowest BCUT2D eigenvalue weighted by Crippen LogP contribution is -2.12. The SMILES string of the molecule is O=C(CCCCc1ccc(Br)cc1)Nc1cccc(F)c1F. The Morgan fingerprint density at radius 2 is 1.77 bits per heavy atom. The van der Waals surface area contributed by atoms with Gasteiger partial charge in [0.05, 0.1) is 5.69 Å². The maximum atomic E-state index is 13.4. The van der Waals surface area contributed by atoms with Gasteiger partial charge in [-0.1, -0.05) is 34.1 Å². The van der Waals surface area contributed by atoms with Gasteiger partial charge in [-0.15, -0.1) is 0 Å². The first-order valence-electron chi connectivity index (χ1n) is 7.04. The van der Waals surface area contributed by atoms with Gasteiger partial charge in [0.1, 0.15) is 0 Å². The van der Waals surface area contributed by atoms with E-state index in [2.05, 4.69) is 21.2 Å². The van der Waals surface area contributed by atoms with E-state index in [1.165, 1.54) is 17.7 Å². The second-order valence-electron chi connectivity index (χ2n) is 4.98. The predicted molar refractivity (Wildman–Crippen MR) is 86.7 cm³/mol.